The van der Waals surface area contributed by atoms with Crippen molar-refractivity contribution in [3.63, 3.8) is 0 Å². The molecule has 2 nitrogen and oxygen atoms in total. The SMILES string of the molecule is CCOCCCCCCCC(C)(C)O. The van der Waals surface area contributed by atoms with Gasteiger partial charge in [0.05, 0.1) is 5.60 Å². The summed E-state index contributed by atoms with van der Waals surface area (Å²) in [6.07, 6.45) is 6.98. The maximum Gasteiger partial charge on any atom is 0.0591 e. The van der Waals surface area contributed by atoms with Crippen molar-refractivity contribution in [2.45, 2.75) is 64.9 Å². The minimum absolute atomic E-state index is 0.481. The van der Waals surface area contributed by atoms with Crippen LogP contribution >= 0.6 is 0 Å². The molecular weight excluding hydrogens is 176 g/mol. The fourth-order valence-electron chi connectivity index (χ4n) is 1.44. The highest BCUT2D eigenvalue weighted by Crippen LogP contribution is 2.14. The maximum atomic E-state index is 9.47. The highest BCUT2D eigenvalue weighted by molar-refractivity contribution is 4.64. The van der Waals surface area contributed by atoms with Gasteiger partial charge in [0.1, 0.15) is 0 Å². The summed E-state index contributed by atoms with van der Waals surface area (Å²) in [7, 11) is 0. The van der Waals surface area contributed by atoms with Crippen LogP contribution in [0.2, 0.25) is 0 Å². The lowest BCUT2D eigenvalue weighted by molar-refractivity contribution is 0.0679. The molecule has 0 aromatic rings. The van der Waals surface area contributed by atoms with Gasteiger partial charge in [-0.25, -0.2) is 0 Å². The first-order valence-electron chi connectivity index (χ1n) is 5.86. The third kappa shape index (κ3) is 11.9. The maximum absolute atomic E-state index is 9.47. The van der Waals surface area contributed by atoms with Crippen LogP contribution in [0.3, 0.4) is 0 Å². The predicted molar refractivity (Wildman–Crippen MR) is 60.5 cm³/mol. The lowest BCUT2D eigenvalue weighted by Crippen LogP contribution is -2.17. The van der Waals surface area contributed by atoms with Gasteiger partial charge in [-0.2, -0.15) is 0 Å². The van der Waals surface area contributed by atoms with Gasteiger partial charge in [0.15, 0.2) is 0 Å². The smallest absolute Gasteiger partial charge is 0.0591 e. The second kappa shape index (κ2) is 8.25. The summed E-state index contributed by atoms with van der Waals surface area (Å²) in [5.74, 6) is 0. The lowest BCUT2D eigenvalue weighted by atomic mass is 10.00. The number of hydrogen-bond acceptors (Lipinski definition) is 2. The summed E-state index contributed by atoms with van der Waals surface area (Å²) in [6.45, 7) is 7.52. The van der Waals surface area contributed by atoms with Crippen molar-refractivity contribution in [2.24, 2.45) is 0 Å². The van der Waals surface area contributed by atoms with Gasteiger partial charge in [-0.15, -0.1) is 0 Å². The first-order valence-corrected chi connectivity index (χ1v) is 5.86. The number of aliphatic hydroxyl groups is 1. The van der Waals surface area contributed by atoms with Gasteiger partial charge in [-0.3, -0.25) is 0 Å². The second-order valence-electron chi connectivity index (χ2n) is 4.53. The van der Waals surface area contributed by atoms with Crippen molar-refractivity contribution >= 4 is 0 Å². The van der Waals surface area contributed by atoms with E-state index in [0.29, 0.717) is 0 Å². The molecule has 86 valence electrons. The van der Waals surface area contributed by atoms with Crippen LogP contribution in [-0.4, -0.2) is 23.9 Å². The van der Waals surface area contributed by atoms with Crippen molar-refractivity contribution in [3.8, 4) is 0 Å². The standard InChI is InChI=1S/C12H26O2/c1-4-14-11-9-7-5-6-8-10-12(2,3)13/h13H,4-11H2,1-3H3. The topological polar surface area (TPSA) is 29.5 Å². The largest absolute Gasteiger partial charge is 0.390 e. The first kappa shape index (κ1) is 13.9. The summed E-state index contributed by atoms with van der Waals surface area (Å²) in [5.41, 5.74) is -0.481. The molecule has 0 aliphatic carbocycles. The quantitative estimate of drug-likeness (QED) is 0.582. The Morgan fingerprint density at radius 2 is 1.57 bits per heavy atom. The van der Waals surface area contributed by atoms with E-state index in [0.717, 1.165) is 26.1 Å². The molecule has 0 heterocycles. The van der Waals surface area contributed by atoms with Gasteiger partial charge in [0.2, 0.25) is 0 Å². The van der Waals surface area contributed by atoms with E-state index in [9.17, 15) is 5.11 Å². The zero-order chi connectivity index (χ0) is 10.9. The van der Waals surface area contributed by atoms with Crippen LogP contribution in [0.5, 0.6) is 0 Å². The highest BCUT2D eigenvalue weighted by Gasteiger charge is 2.10. The van der Waals surface area contributed by atoms with Crippen LogP contribution in [0.25, 0.3) is 0 Å². The Balaban J connectivity index is 2.99. The van der Waals surface area contributed by atoms with Crippen molar-refractivity contribution in [3.05, 3.63) is 0 Å². The minimum atomic E-state index is -0.481. The highest BCUT2D eigenvalue weighted by atomic mass is 16.5. The molecule has 0 unspecified atom stereocenters. The molecule has 0 aromatic heterocycles. The molecule has 0 aliphatic rings. The zero-order valence-electron chi connectivity index (χ0n) is 10.0. The lowest BCUT2D eigenvalue weighted by Gasteiger charge is -2.16. The molecule has 0 rings (SSSR count). The average molecular weight is 202 g/mol. The molecule has 2 heteroatoms. The van der Waals surface area contributed by atoms with E-state index in [1.165, 1.54) is 25.7 Å². The molecule has 0 amide bonds. The van der Waals surface area contributed by atoms with Crippen LogP contribution in [0.1, 0.15) is 59.3 Å². The molecule has 0 spiro atoms. The second-order valence-corrected chi connectivity index (χ2v) is 4.53. The monoisotopic (exact) mass is 202 g/mol. The molecule has 14 heavy (non-hydrogen) atoms. The molecule has 0 fully saturated rings. The number of hydrogen-bond donors (Lipinski definition) is 1. The summed E-state index contributed by atoms with van der Waals surface area (Å²) >= 11 is 0. The molecular formula is C12H26O2. The van der Waals surface area contributed by atoms with E-state index in [4.69, 9.17) is 4.74 Å². The van der Waals surface area contributed by atoms with E-state index in [1.807, 2.05) is 20.8 Å². The summed E-state index contributed by atoms with van der Waals surface area (Å²) < 4.78 is 5.25. The average Bonchev–Trinajstić information content (AvgIpc) is 2.08. The van der Waals surface area contributed by atoms with Crippen molar-refractivity contribution in [1.29, 1.82) is 0 Å². The Labute approximate surface area is 88.7 Å². The van der Waals surface area contributed by atoms with E-state index in [-0.39, 0.29) is 0 Å². The summed E-state index contributed by atoms with van der Waals surface area (Å²) in [6, 6.07) is 0. The van der Waals surface area contributed by atoms with Gasteiger partial charge < -0.3 is 9.84 Å². The zero-order valence-corrected chi connectivity index (χ0v) is 10.0. The van der Waals surface area contributed by atoms with E-state index in [2.05, 4.69) is 0 Å². The van der Waals surface area contributed by atoms with Crippen LogP contribution in [0.4, 0.5) is 0 Å². The Kier molecular flexibility index (Phi) is 8.20. The number of rotatable bonds is 9. The minimum Gasteiger partial charge on any atom is -0.390 e. The fourth-order valence-corrected chi connectivity index (χ4v) is 1.44. The Morgan fingerprint density at radius 3 is 2.14 bits per heavy atom. The van der Waals surface area contributed by atoms with Crippen LogP contribution in [0, 0.1) is 0 Å². The summed E-state index contributed by atoms with van der Waals surface area (Å²) in [4.78, 5) is 0. The van der Waals surface area contributed by atoms with E-state index in [1.54, 1.807) is 0 Å². The molecule has 0 aliphatic heterocycles. The van der Waals surface area contributed by atoms with Crippen molar-refractivity contribution in [1.82, 2.24) is 0 Å². The van der Waals surface area contributed by atoms with Gasteiger partial charge in [-0.1, -0.05) is 25.7 Å². The van der Waals surface area contributed by atoms with Gasteiger partial charge in [-0.05, 0) is 33.6 Å². The molecule has 0 saturated carbocycles. The molecule has 0 atom stereocenters. The van der Waals surface area contributed by atoms with Gasteiger partial charge >= 0.3 is 0 Å². The molecule has 0 bridgehead atoms. The van der Waals surface area contributed by atoms with Gasteiger partial charge in [0, 0.05) is 13.2 Å². The third-order valence-electron chi connectivity index (χ3n) is 2.28. The van der Waals surface area contributed by atoms with Crippen molar-refractivity contribution < 1.29 is 9.84 Å². The molecule has 0 aromatic carbocycles. The van der Waals surface area contributed by atoms with Crippen LogP contribution < -0.4 is 0 Å². The van der Waals surface area contributed by atoms with Gasteiger partial charge in [0.25, 0.3) is 0 Å². The molecule has 0 radical (unpaired) electrons. The normalized spacial score (nSPS) is 12.0. The Hall–Kier alpha value is -0.0800. The number of ether oxygens (including phenoxy) is 1. The molecule has 0 saturated heterocycles. The number of unbranched alkanes of at least 4 members (excludes halogenated alkanes) is 4. The first-order chi connectivity index (χ1) is 6.56. The summed E-state index contributed by atoms with van der Waals surface area (Å²) in [5, 5.41) is 9.47. The fraction of sp³-hybridized carbons (Fsp3) is 1.00. The van der Waals surface area contributed by atoms with E-state index < -0.39 is 5.60 Å². The Morgan fingerprint density at radius 1 is 1.00 bits per heavy atom. The van der Waals surface area contributed by atoms with E-state index >= 15 is 0 Å². The van der Waals surface area contributed by atoms with Crippen molar-refractivity contribution in [2.75, 3.05) is 13.2 Å². The van der Waals surface area contributed by atoms with Crippen LogP contribution in [0.15, 0.2) is 0 Å². The molecule has 1 N–H and O–H groups in total. The predicted octanol–water partition coefficient (Wildman–Crippen LogP) is 3.13. The van der Waals surface area contributed by atoms with Crippen LogP contribution in [-0.2, 0) is 4.74 Å². The third-order valence-corrected chi connectivity index (χ3v) is 2.28. The Bertz CT molecular complexity index is 116.